The first-order chi connectivity index (χ1) is 12.8. The molecular weight excluding hydrogens is 380 g/mol. The van der Waals surface area contributed by atoms with Gasteiger partial charge in [0.25, 0.3) is 0 Å². The van der Waals surface area contributed by atoms with Crippen LogP contribution in [0, 0.1) is 20.8 Å². The van der Waals surface area contributed by atoms with E-state index in [0.29, 0.717) is 17.1 Å². The van der Waals surface area contributed by atoms with E-state index in [9.17, 15) is 9.59 Å². The molecule has 0 bridgehead atoms. The molecule has 0 saturated heterocycles. The van der Waals surface area contributed by atoms with Crippen molar-refractivity contribution in [2.24, 2.45) is 5.73 Å². The SMILES string of the molecule is Cc1nc(SC(C)C(=O)Nc2ccc(C(N)=O)cc2)c2c(C)c(C)sc2n1. The summed E-state index contributed by atoms with van der Waals surface area (Å²) < 4.78 is 0. The van der Waals surface area contributed by atoms with E-state index >= 15 is 0 Å². The highest BCUT2D eigenvalue weighted by Gasteiger charge is 2.20. The van der Waals surface area contributed by atoms with Gasteiger partial charge in [-0.25, -0.2) is 9.97 Å². The fraction of sp³-hybridized carbons (Fsp3) is 0.263. The number of benzene rings is 1. The van der Waals surface area contributed by atoms with E-state index in [1.807, 2.05) is 13.8 Å². The number of hydrogen-bond donors (Lipinski definition) is 2. The number of fused-ring (bicyclic) bond motifs is 1. The zero-order chi connectivity index (χ0) is 19.7. The number of thioether (sulfide) groups is 1. The Morgan fingerprint density at radius 3 is 2.44 bits per heavy atom. The molecule has 1 aromatic carbocycles. The van der Waals surface area contributed by atoms with Crippen molar-refractivity contribution < 1.29 is 9.59 Å². The van der Waals surface area contributed by atoms with Crippen LogP contribution in [0.25, 0.3) is 10.2 Å². The van der Waals surface area contributed by atoms with Gasteiger partial charge in [-0.15, -0.1) is 11.3 Å². The van der Waals surface area contributed by atoms with Gasteiger partial charge in [0.2, 0.25) is 11.8 Å². The lowest BCUT2D eigenvalue weighted by Gasteiger charge is -2.13. The molecule has 0 aliphatic rings. The van der Waals surface area contributed by atoms with Gasteiger partial charge >= 0.3 is 0 Å². The van der Waals surface area contributed by atoms with Gasteiger partial charge in [-0.1, -0.05) is 11.8 Å². The third-order valence-corrected chi connectivity index (χ3v) is 6.39. The number of nitrogens with one attached hydrogen (secondary N) is 1. The van der Waals surface area contributed by atoms with Crippen LogP contribution in [0.1, 0.15) is 33.5 Å². The normalized spacial score (nSPS) is 12.1. The molecule has 0 saturated carbocycles. The maximum Gasteiger partial charge on any atom is 0.248 e. The molecule has 3 N–H and O–H groups in total. The summed E-state index contributed by atoms with van der Waals surface area (Å²) in [6.07, 6.45) is 0. The van der Waals surface area contributed by atoms with Crippen molar-refractivity contribution >= 4 is 50.8 Å². The van der Waals surface area contributed by atoms with Gasteiger partial charge in [0.15, 0.2) is 0 Å². The number of nitrogens with zero attached hydrogens (tertiary/aromatic N) is 2. The largest absolute Gasteiger partial charge is 0.366 e. The number of primary amides is 1. The molecule has 0 aliphatic carbocycles. The van der Waals surface area contributed by atoms with Crippen molar-refractivity contribution in [1.82, 2.24) is 9.97 Å². The smallest absolute Gasteiger partial charge is 0.248 e. The van der Waals surface area contributed by atoms with Gasteiger partial charge in [0.1, 0.15) is 15.7 Å². The molecule has 0 radical (unpaired) electrons. The molecule has 3 rings (SSSR count). The van der Waals surface area contributed by atoms with E-state index < -0.39 is 5.91 Å². The lowest BCUT2D eigenvalue weighted by Crippen LogP contribution is -2.22. The van der Waals surface area contributed by atoms with Crippen LogP contribution in [0.3, 0.4) is 0 Å². The van der Waals surface area contributed by atoms with E-state index in [4.69, 9.17) is 5.73 Å². The van der Waals surface area contributed by atoms with Crippen LogP contribution in [0.4, 0.5) is 5.69 Å². The minimum absolute atomic E-state index is 0.138. The van der Waals surface area contributed by atoms with Crippen molar-refractivity contribution in [2.45, 2.75) is 38.0 Å². The van der Waals surface area contributed by atoms with Crippen LogP contribution >= 0.6 is 23.1 Å². The van der Waals surface area contributed by atoms with Crippen LogP contribution in [0.5, 0.6) is 0 Å². The number of nitrogens with two attached hydrogens (primary N) is 1. The first kappa shape index (κ1) is 19.3. The molecule has 1 unspecified atom stereocenters. The Bertz CT molecular complexity index is 1030. The summed E-state index contributed by atoms with van der Waals surface area (Å²) in [5.74, 6) is 0.0584. The highest BCUT2D eigenvalue weighted by Crippen LogP contribution is 2.36. The Hall–Kier alpha value is -2.45. The maximum absolute atomic E-state index is 12.6. The molecule has 6 nitrogen and oxygen atoms in total. The summed E-state index contributed by atoms with van der Waals surface area (Å²) in [6, 6.07) is 6.50. The molecule has 3 aromatic rings. The van der Waals surface area contributed by atoms with Gasteiger partial charge in [-0.3, -0.25) is 9.59 Å². The minimum Gasteiger partial charge on any atom is -0.366 e. The number of aryl methyl sites for hydroxylation is 3. The molecule has 2 heterocycles. The second kappa shape index (κ2) is 7.66. The molecule has 27 heavy (non-hydrogen) atoms. The van der Waals surface area contributed by atoms with E-state index in [-0.39, 0.29) is 11.2 Å². The first-order valence-electron chi connectivity index (χ1n) is 8.38. The number of aromatic nitrogens is 2. The summed E-state index contributed by atoms with van der Waals surface area (Å²) in [7, 11) is 0. The number of thiophene rings is 1. The van der Waals surface area contributed by atoms with E-state index in [1.165, 1.54) is 16.6 Å². The molecule has 2 aromatic heterocycles. The predicted molar refractivity (Wildman–Crippen MR) is 111 cm³/mol. The highest BCUT2D eigenvalue weighted by atomic mass is 32.2. The van der Waals surface area contributed by atoms with Gasteiger partial charge in [0, 0.05) is 21.5 Å². The number of carbonyl (C=O) groups is 2. The molecule has 0 fully saturated rings. The Balaban J connectivity index is 1.78. The molecular formula is C19H20N4O2S2. The standard InChI is InChI=1S/C19H20N4O2S2/c1-9-10(2)26-18-15(9)19(22-12(4)21-18)27-11(3)17(25)23-14-7-5-13(6-8-14)16(20)24/h5-8,11H,1-4H3,(H2,20,24)(H,23,25). The highest BCUT2D eigenvalue weighted by molar-refractivity contribution is 8.00. The fourth-order valence-electron chi connectivity index (χ4n) is 2.58. The van der Waals surface area contributed by atoms with Gasteiger partial charge in [-0.05, 0) is 57.5 Å². The second-order valence-corrected chi connectivity index (χ2v) is 8.76. The van der Waals surface area contributed by atoms with Crippen molar-refractivity contribution in [1.29, 1.82) is 0 Å². The van der Waals surface area contributed by atoms with Crippen molar-refractivity contribution in [3.8, 4) is 0 Å². The quantitative estimate of drug-likeness (QED) is 0.501. The summed E-state index contributed by atoms with van der Waals surface area (Å²) in [6.45, 7) is 7.83. The first-order valence-corrected chi connectivity index (χ1v) is 10.1. The summed E-state index contributed by atoms with van der Waals surface area (Å²) in [4.78, 5) is 35.0. The monoisotopic (exact) mass is 400 g/mol. The number of rotatable bonds is 5. The molecule has 8 heteroatoms. The number of anilines is 1. The van der Waals surface area contributed by atoms with Gasteiger partial charge in [-0.2, -0.15) is 0 Å². The second-order valence-electron chi connectivity index (χ2n) is 6.23. The predicted octanol–water partition coefficient (Wildman–Crippen LogP) is 3.83. The zero-order valence-corrected chi connectivity index (χ0v) is 17.1. The Morgan fingerprint density at radius 1 is 1.15 bits per heavy atom. The van der Waals surface area contributed by atoms with Crippen LogP contribution in [-0.4, -0.2) is 27.0 Å². The zero-order valence-electron chi connectivity index (χ0n) is 15.5. The minimum atomic E-state index is -0.499. The summed E-state index contributed by atoms with van der Waals surface area (Å²) in [5, 5.41) is 4.36. The Labute approximate surface area is 165 Å². The average molecular weight is 401 g/mol. The number of hydrogen-bond acceptors (Lipinski definition) is 6. The van der Waals surface area contributed by atoms with Crippen LogP contribution < -0.4 is 11.1 Å². The van der Waals surface area contributed by atoms with E-state index in [0.717, 1.165) is 20.8 Å². The van der Waals surface area contributed by atoms with Gasteiger partial charge in [0.05, 0.1) is 5.25 Å². The lowest BCUT2D eigenvalue weighted by atomic mass is 10.2. The fourth-order valence-corrected chi connectivity index (χ4v) is 4.78. The van der Waals surface area contributed by atoms with Crippen molar-refractivity contribution in [2.75, 3.05) is 5.32 Å². The third kappa shape index (κ3) is 4.12. The summed E-state index contributed by atoms with van der Waals surface area (Å²) in [5.41, 5.74) is 7.40. The molecule has 0 aliphatic heterocycles. The molecule has 140 valence electrons. The van der Waals surface area contributed by atoms with Crippen molar-refractivity contribution in [3.05, 3.63) is 46.1 Å². The number of carbonyl (C=O) groups excluding carboxylic acids is 2. The Kier molecular flexibility index (Phi) is 5.48. The van der Waals surface area contributed by atoms with Crippen LogP contribution in [0.2, 0.25) is 0 Å². The molecule has 2 amide bonds. The average Bonchev–Trinajstić information content (AvgIpc) is 2.89. The molecule has 0 spiro atoms. The van der Waals surface area contributed by atoms with Gasteiger partial charge < -0.3 is 11.1 Å². The third-order valence-electron chi connectivity index (χ3n) is 4.20. The van der Waals surface area contributed by atoms with Crippen LogP contribution in [0.15, 0.2) is 29.3 Å². The molecule has 1 atom stereocenters. The number of amides is 2. The topological polar surface area (TPSA) is 98.0 Å². The van der Waals surface area contributed by atoms with Crippen LogP contribution in [-0.2, 0) is 4.79 Å². The maximum atomic E-state index is 12.6. The lowest BCUT2D eigenvalue weighted by molar-refractivity contribution is -0.115. The summed E-state index contributed by atoms with van der Waals surface area (Å²) >= 11 is 3.07. The van der Waals surface area contributed by atoms with E-state index in [2.05, 4.69) is 29.1 Å². The van der Waals surface area contributed by atoms with E-state index in [1.54, 1.807) is 35.6 Å². The van der Waals surface area contributed by atoms with Crippen molar-refractivity contribution in [3.63, 3.8) is 0 Å². The Morgan fingerprint density at radius 2 is 1.81 bits per heavy atom.